The first-order valence-electron chi connectivity index (χ1n) is 9.77. The molecule has 2 aromatic carbocycles. The lowest BCUT2D eigenvalue weighted by Crippen LogP contribution is -2.49. The number of hydrogen-bond donors (Lipinski definition) is 0. The van der Waals surface area contributed by atoms with E-state index in [0.29, 0.717) is 36.8 Å². The van der Waals surface area contributed by atoms with Crippen molar-refractivity contribution in [3.05, 3.63) is 71.3 Å². The Bertz CT molecular complexity index is 1250. The number of amides is 1. The van der Waals surface area contributed by atoms with Crippen LogP contribution in [0.4, 0.5) is 10.2 Å². The Hall–Kier alpha value is -3.10. The molecule has 2 aromatic heterocycles. The minimum atomic E-state index is -0.289. The standard InChI is InChI=1S/C22H17ClFN5OS/c23-17-4-2-1-3-16(17)22(30)29-11-9-28(10-12-29)21-20-19(25-13-26-21)18(27-31-20)14-5-7-15(24)8-6-14/h1-8,13H,9-12H2. The molecule has 1 fully saturated rings. The second kappa shape index (κ2) is 8.20. The highest BCUT2D eigenvalue weighted by molar-refractivity contribution is 7.14. The molecule has 1 aliphatic heterocycles. The van der Waals surface area contributed by atoms with E-state index in [-0.39, 0.29) is 11.7 Å². The molecule has 31 heavy (non-hydrogen) atoms. The van der Waals surface area contributed by atoms with E-state index < -0.39 is 0 Å². The van der Waals surface area contributed by atoms with Crippen molar-refractivity contribution in [2.45, 2.75) is 0 Å². The highest BCUT2D eigenvalue weighted by Crippen LogP contribution is 2.34. The highest BCUT2D eigenvalue weighted by atomic mass is 35.5. The minimum Gasteiger partial charge on any atom is -0.352 e. The molecule has 0 N–H and O–H groups in total. The maximum Gasteiger partial charge on any atom is 0.255 e. The average Bonchev–Trinajstić information content (AvgIpc) is 3.24. The third-order valence-electron chi connectivity index (χ3n) is 5.33. The van der Waals surface area contributed by atoms with Crippen molar-refractivity contribution >= 4 is 45.1 Å². The molecule has 4 aromatic rings. The fourth-order valence-electron chi connectivity index (χ4n) is 3.70. The number of aromatic nitrogens is 3. The Morgan fingerprint density at radius 1 is 1.00 bits per heavy atom. The molecule has 1 amide bonds. The lowest BCUT2D eigenvalue weighted by molar-refractivity contribution is 0.0747. The predicted molar refractivity (Wildman–Crippen MR) is 120 cm³/mol. The summed E-state index contributed by atoms with van der Waals surface area (Å²) >= 11 is 7.52. The van der Waals surface area contributed by atoms with Gasteiger partial charge >= 0.3 is 0 Å². The van der Waals surface area contributed by atoms with E-state index in [1.54, 1.807) is 24.3 Å². The van der Waals surface area contributed by atoms with Gasteiger partial charge in [0.15, 0.2) is 5.82 Å². The van der Waals surface area contributed by atoms with Gasteiger partial charge in [-0.15, -0.1) is 0 Å². The van der Waals surface area contributed by atoms with Gasteiger partial charge in [-0.3, -0.25) is 4.79 Å². The first kappa shape index (κ1) is 19.8. The first-order chi connectivity index (χ1) is 15.1. The van der Waals surface area contributed by atoms with Gasteiger partial charge in [-0.25, -0.2) is 14.4 Å². The topological polar surface area (TPSA) is 62.2 Å². The van der Waals surface area contributed by atoms with Gasteiger partial charge in [-0.2, -0.15) is 4.37 Å². The number of halogens is 2. The third-order valence-corrected chi connectivity index (χ3v) is 6.49. The lowest BCUT2D eigenvalue weighted by Gasteiger charge is -2.35. The molecule has 0 spiro atoms. The lowest BCUT2D eigenvalue weighted by atomic mass is 10.1. The zero-order valence-electron chi connectivity index (χ0n) is 16.3. The van der Waals surface area contributed by atoms with Gasteiger partial charge in [0.2, 0.25) is 0 Å². The van der Waals surface area contributed by atoms with E-state index in [0.717, 1.165) is 27.3 Å². The molecule has 1 saturated heterocycles. The summed E-state index contributed by atoms with van der Waals surface area (Å²) in [7, 11) is 0. The predicted octanol–water partition coefficient (Wildman–Crippen LogP) is 4.51. The molecule has 0 radical (unpaired) electrons. The van der Waals surface area contributed by atoms with Gasteiger partial charge in [0, 0.05) is 31.7 Å². The molecular weight excluding hydrogens is 437 g/mol. The van der Waals surface area contributed by atoms with Crippen LogP contribution in [0, 0.1) is 5.82 Å². The van der Waals surface area contributed by atoms with Gasteiger partial charge < -0.3 is 9.80 Å². The third kappa shape index (κ3) is 3.73. The smallest absolute Gasteiger partial charge is 0.255 e. The van der Waals surface area contributed by atoms with Crippen LogP contribution in [-0.2, 0) is 0 Å². The van der Waals surface area contributed by atoms with E-state index in [4.69, 9.17) is 11.6 Å². The van der Waals surface area contributed by atoms with Crippen LogP contribution in [0.25, 0.3) is 21.5 Å². The minimum absolute atomic E-state index is 0.0607. The molecule has 0 bridgehead atoms. The number of fused-ring (bicyclic) bond motifs is 1. The van der Waals surface area contributed by atoms with Crippen molar-refractivity contribution in [2.75, 3.05) is 31.1 Å². The molecule has 0 unspecified atom stereocenters. The summed E-state index contributed by atoms with van der Waals surface area (Å²) in [6.45, 7) is 2.43. The highest BCUT2D eigenvalue weighted by Gasteiger charge is 2.26. The van der Waals surface area contributed by atoms with Crippen LogP contribution in [0.15, 0.2) is 54.9 Å². The number of nitrogens with zero attached hydrogens (tertiary/aromatic N) is 5. The molecule has 1 aliphatic rings. The quantitative estimate of drug-likeness (QED) is 0.456. The molecule has 5 rings (SSSR count). The van der Waals surface area contributed by atoms with E-state index in [1.807, 2.05) is 17.0 Å². The molecule has 156 valence electrons. The Morgan fingerprint density at radius 3 is 2.48 bits per heavy atom. The van der Waals surface area contributed by atoms with Crippen LogP contribution >= 0.6 is 23.1 Å². The Kier molecular flexibility index (Phi) is 5.25. The molecule has 0 atom stereocenters. The van der Waals surface area contributed by atoms with E-state index >= 15 is 0 Å². The van der Waals surface area contributed by atoms with Crippen LogP contribution in [-0.4, -0.2) is 51.3 Å². The zero-order valence-corrected chi connectivity index (χ0v) is 17.9. The average molecular weight is 454 g/mol. The Balaban J connectivity index is 1.37. The molecule has 6 nitrogen and oxygen atoms in total. The van der Waals surface area contributed by atoms with Gasteiger partial charge in [0.05, 0.1) is 10.6 Å². The number of hydrogen-bond acceptors (Lipinski definition) is 6. The summed E-state index contributed by atoms with van der Waals surface area (Å²) in [5.74, 6) is 0.456. The number of carbonyl (C=O) groups is 1. The fourth-order valence-corrected chi connectivity index (χ4v) is 4.79. The van der Waals surface area contributed by atoms with Gasteiger partial charge in [-0.05, 0) is 47.9 Å². The second-order valence-electron chi connectivity index (χ2n) is 7.17. The van der Waals surface area contributed by atoms with Crippen molar-refractivity contribution in [3.8, 4) is 11.3 Å². The normalized spacial score (nSPS) is 14.3. The first-order valence-corrected chi connectivity index (χ1v) is 10.9. The van der Waals surface area contributed by atoms with Crippen LogP contribution in [0.1, 0.15) is 10.4 Å². The second-order valence-corrected chi connectivity index (χ2v) is 8.35. The van der Waals surface area contributed by atoms with Gasteiger partial charge in [-0.1, -0.05) is 23.7 Å². The van der Waals surface area contributed by atoms with Crippen LogP contribution in [0.3, 0.4) is 0 Å². The summed E-state index contributed by atoms with van der Waals surface area (Å²) in [5, 5.41) is 0.463. The maximum atomic E-state index is 13.3. The monoisotopic (exact) mass is 453 g/mol. The molecule has 0 saturated carbocycles. The van der Waals surface area contributed by atoms with Crippen LogP contribution < -0.4 is 4.90 Å². The Labute approximate surface area is 187 Å². The van der Waals surface area contributed by atoms with Crippen molar-refractivity contribution < 1.29 is 9.18 Å². The summed E-state index contributed by atoms with van der Waals surface area (Å²) in [5.41, 5.74) is 2.80. The molecular formula is C22H17ClFN5OS. The van der Waals surface area contributed by atoms with Gasteiger partial charge in [0.25, 0.3) is 5.91 Å². The molecule has 3 heterocycles. The van der Waals surface area contributed by atoms with Crippen molar-refractivity contribution in [3.63, 3.8) is 0 Å². The van der Waals surface area contributed by atoms with Crippen LogP contribution in [0.5, 0.6) is 0 Å². The molecule has 0 aliphatic carbocycles. The summed E-state index contributed by atoms with van der Waals surface area (Å²) < 4.78 is 18.7. The number of anilines is 1. The summed E-state index contributed by atoms with van der Waals surface area (Å²) in [6, 6.07) is 13.3. The van der Waals surface area contributed by atoms with E-state index in [1.165, 1.54) is 30.0 Å². The maximum absolute atomic E-state index is 13.3. The van der Waals surface area contributed by atoms with Crippen LogP contribution in [0.2, 0.25) is 5.02 Å². The number of benzene rings is 2. The number of carbonyl (C=O) groups excluding carboxylic acids is 1. The summed E-state index contributed by atoms with van der Waals surface area (Å²) in [6.07, 6.45) is 1.53. The van der Waals surface area contributed by atoms with Crippen molar-refractivity contribution in [1.82, 2.24) is 19.2 Å². The van der Waals surface area contributed by atoms with Gasteiger partial charge in [0.1, 0.15) is 28.1 Å². The van der Waals surface area contributed by atoms with Crippen molar-refractivity contribution in [2.24, 2.45) is 0 Å². The zero-order chi connectivity index (χ0) is 21.4. The summed E-state index contributed by atoms with van der Waals surface area (Å²) in [4.78, 5) is 25.7. The number of rotatable bonds is 3. The Morgan fingerprint density at radius 2 is 1.74 bits per heavy atom. The van der Waals surface area contributed by atoms with E-state index in [2.05, 4.69) is 19.2 Å². The fraction of sp³-hybridized carbons (Fsp3) is 0.182. The largest absolute Gasteiger partial charge is 0.352 e. The SMILES string of the molecule is O=C(c1ccccc1Cl)N1CCN(c2ncnc3c(-c4ccc(F)cc4)nsc23)CC1. The van der Waals surface area contributed by atoms with E-state index in [9.17, 15) is 9.18 Å². The number of piperazine rings is 1. The molecule has 9 heteroatoms. The van der Waals surface area contributed by atoms with Crippen molar-refractivity contribution in [1.29, 1.82) is 0 Å².